The Morgan fingerprint density at radius 1 is 0.362 bits per heavy atom. The van der Waals surface area contributed by atoms with E-state index in [1.54, 1.807) is 0 Å². The molecule has 220 valence electrons. The predicted molar refractivity (Wildman–Crippen MR) is 205 cm³/mol. The Kier molecular flexibility index (Phi) is 5.98. The average molecular weight is 634 g/mol. The molecule has 47 heavy (non-hydrogen) atoms. The van der Waals surface area contributed by atoms with Gasteiger partial charge >= 0.3 is 0 Å². The molecule has 0 spiro atoms. The van der Waals surface area contributed by atoms with Crippen molar-refractivity contribution in [3.8, 4) is 39.1 Å². The number of aromatic nitrogens is 1. The topological polar surface area (TPSA) is 4.93 Å². The average Bonchev–Trinajstić information content (AvgIpc) is 3.80. The summed E-state index contributed by atoms with van der Waals surface area (Å²) in [6, 6.07) is 60.0. The van der Waals surface area contributed by atoms with Crippen molar-refractivity contribution in [2.75, 3.05) is 0 Å². The van der Waals surface area contributed by atoms with Crippen molar-refractivity contribution in [3.05, 3.63) is 164 Å². The van der Waals surface area contributed by atoms with E-state index in [2.05, 4.69) is 168 Å². The summed E-state index contributed by atoms with van der Waals surface area (Å²) in [6.07, 6.45) is 0. The summed E-state index contributed by atoms with van der Waals surface area (Å²) in [5.74, 6) is 0. The maximum atomic E-state index is 2.44. The van der Waals surface area contributed by atoms with E-state index in [0.717, 1.165) is 0 Å². The van der Waals surface area contributed by atoms with Gasteiger partial charge in [-0.2, -0.15) is 0 Å². The van der Waals surface area contributed by atoms with Gasteiger partial charge in [0.1, 0.15) is 0 Å². The SMILES string of the molecule is c1ccc(-c2ccc3c(c2)sc2cc(-c4ccccc4-c4ccc5sc6c7ccccc7n(-c7ccccc7)c6c5c4)ccc23)cc1. The molecule has 0 saturated carbocycles. The van der Waals surface area contributed by atoms with E-state index >= 15 is 0 Å². The number of benzene rings is 7. The standard InChI is InChI=1S/C44H27NS2/c1-3-11-28(12-4-1)29-19-22-35-36-23-20-31(27-42(36)46-41(35)26-29)34-16-8-7-15-33(34)30-21-24-40-38(25-30)43-44(47-40)37-17-9-10-18-39(37)45(43)32-13-5-2-6-14-32/h1-27H. The van der Waals surface area contributed by atoms with E-state index in [0.29, 0.717) is 0 Å². The molecule has 10 aromatic rings. The maximum absolute atomic E-state index is 2.44. The molecule has 0 N–H and O–H groups in total. The molecule has 0 unspecified atom stereocenters. The lowest BCUT2D eigenvalue weighted by Crippen LogP contribution is -1.93. The molecule has 0 aliphatic rings. The number of nitrogens with zero attached hydrogens (tertiary/aromatic N) is 1. The van der Waals surface area contributed by atoms with Crippen LogP contribution in [0.15, 0.2) is 164 Å². The van der Waals surface area contributed by atoms with Crippen molar-refractivity contribution in [1.29, 1.82) is 0 Å². The minimum absolute atomic E-state index is 1.19. The van der Waals surface area contributed by atoms with Gasteiger partial charge in [0.05, 0.1) is 15.7 Å². The fourth-order valence-electron chi connectivity index (χ4n) is 7.22. The molecule has 0 radical (unpaired) electrons. The first-order valence-electron chi connectivity index (χ1n) is 15.9. The van der Waals surface area contributed by atoms with Crippen LogP contribution in [0.5, 0.6) is 0 Å². The fourth-order valence-corrected chi connectivity index (χ4v) is 9.61. The van der Waals surface area contributed by atoms with Gasteiger partial charge in [0.15, 0.2) is 0 Å². The van der Waals surface area contributed by atoms with Crippen LogP contribution in [0.2, 0.25) is 0 Å². The van der Waals surface area contributed by atoms with Gasteiger partial charge in [0.2, 0.25) is 0 Å². The number of hydrogen-bond donors (Lipinski definition) is 0. The second-order valence-corrected chi connectivity index (χ2v) is 14.3. The molecule has 1 nitrogen and oxygen atoms in total. The quantitative estimate of drug-likeness (QED) is 0.182. The number of hydrogen-bond acceptors (Lipinski definition) is 2. The smallest absolute Gasteiger partial charge is 0.0727 e. The highest BCUT2D eigenvalue weighted by molar-refractivity contribution is 7.27. The Balaban J connectivity index is 1.13. The highest BCUT2D eigenvalue weighted by atomic mass is 32.1. The summed E-state index contributed by atoms with van der Waals surface area (Å²) in [5.41, 5.74) is 11.2. The Labute approximate surface area is 280 Å². The number of para-hydroxylation sites is 2. The molecule has 10 rings (SSSR count). The normalized spacial score (nSPS) is 11.8. The summed E-state index contributed by atoms with van der Waals surface area (Å²) in [5, 5.41) is 5.25. The Bertz CT molecular complexity index is 2780. The lowest BCUT2D eigenvalue weighted by Gasteiger charge is -2.12. The second kappa shape index (κ2) is 10.5. The first kappa shape index (κ1) is 26.7. The maximum Gasteiger partial charge on any atom is 0.0727 e. The van der Waals surface area contributed by atoms with Crippen molar-refractivity contribution in [2.45, 2.75) is 0 Å². The van der Waals surface area contributed by atoms with Crippen LogP contribution in [0.1, 0.15) is 0 Å². The first-order chi connectivity index (χ1) is 23.3. The molecule has 0 atom stereocenters. The van der Waals surface area contributed by atoms with Gasteiger partial charge in [-0.3, -0.25) is 0 Å². The predicted octanol–water partition coefficient (Wildman–Crippen LogP) is 13.4. The zero-order chi connectivity index (χ0) is 30.9. The number of rotatable bonds is 4. The summed E-state index contributed by atoms with van der Waals surface area (Å²) in [7, 11) is 0. The molecule has 3 aromatic heterocycles. The van der Waals surface area contributed by atoms with Gasteiger partial charge in [-0.1, -0.05) is 121 Å². The van der Waals surface area contributed by atoms with Crippen molar-refractivity contribution in [3.63, 3.8) is 0 Å². The van der Waals surface area contributed by atoms with E-state index in [-0.39, 0.29) is 0 Å². The molecule has 0 saturated heterocycles. The molecule has 3 heterocycles. The molecule has 0 aliphatic carbocycles. The van der Waals surface area contributed by atoms with Crippen molar-refractivity contribution in [2.24, 2.45) is 0 Å². The highest BCUT2D eigenvalue weighted by Crippen LogP contribution is 2.45. The first-order valence-corrected chi connectivity index (χ1v) is 17.6. The van der Waals surface area contributed by atoms with E-state index in [1.807, 2.05) is 22.7 Å². The third kappa shape index (κ3) is 4.21. The minimum atomic E-state index is 1.19. The summed E-state index contributed by atoms with van der Waals surface area (Å²) < 4.78 is 7.74. The van der Waals surface area contributed by atoms with Crippen molar-refractivity contribution >= 4 is 74.1 Å². The van der Waals surface area contributed by atoms with Gasteiger partial charge in [0.25, 0.3) is 0 Å². The minimum Gasteiger partial charge on any atom is -0.308 e. The van der Waals surface area contributed by atoms with Crippen LogP contribution in [0.4, 0.5) is 0 Å². The van der Waals surface area contributed by atoms with Crippen LogP contribution in [0.3, 0.4) is 0 Å². The van der Waals surface area contributed by atoms with Gasteiger partial charge in [0, 0.05) is 41.3 Å². The molecule has 7 aromatic carbocycles. The zero-order valence-electron chi connectivity index (χ0n) is 25.4. The molecule has 0 bridgehead atoms. The summed E-state index contributed by atoms with van der Waals surface area (Å²) in [6.45, 7) is 0. The van der Waals surface area contributed by atoms with Crippen LogP contribution >= 0.6 is 22.7 Å². The van der Waals surface area contributed by atoms with Crippen LogP contribution in [-0.4, -0.2) is 4.57 Å². The third-order valence-electron chi connectivity index (χ3n) is 9.42. The van der Waals surface area contributed by atoms with Crippen LogP contribution in [0.25, 0.3) is 90.4 Å². The van der Waals surface area contributed by atoms with E-state index in [1.165, 1.54) is 90.4 Å². The second-order valence-electron chi connectivity index (χ2n) is 12.1. The Hall–Kier alpha value is -5.48. The van der Waals surface area contributed by atoms with Crippen LogP contribution in [-0.2, 0) is 0 Å². The highest BCUT2D eigenvalue weighted by Gasteiger charge is 2.19. The van der Waals surface area contributed by atoms with Crippen LogP contribution in [0, 0.1) is 0 Å². The molecule has 0 amide bonds. The van der Waals surface area contributed by atoms with Crippen molar-refractivity contribution < 1.29 is 0 Å². The molecular formula is C44H27NS2. The molecule has 0 fully saturated rings. The number of fused-ring (bicyclic) bond motifs is 8. The Morgan fingerprint density at radius 3 is 1.72 bits per heavy atom. The van der Waals surface area contributed by atoms with Gasteiger partial charge in [-0.25, -0.2) is 0 Å². The van der Waals surface area contributed by atoms with Gasteiger partial charge in [-0.05, 0) is 75.8 Å². The lowest BCUT2D eigenvalue weighted by atomic mass is 9.93. The lowest BCUT2D eigenvalue weighted by molar-refractivity contribution is 1.19. The van der Waals surface area contributed by atoms with E-state index < -0.39 is 0 Å². The molecule has 3 heteroatoms. The summed E-state index contributed by atoms with van der Waals surface area (Å²) >= 11 is 3.78. The fraction of sp³-hybridized carbons (Fsp3) is 0. The largest absolute Gasteiger partial charge is 0.308 e. The van der Waals surface area contributed by atoms with Crippen molar-refractivity contribution in [1.82, 2.24) is 4.57 Å². The van der Waals surface area contributed by atoms with E-state index in [4.69, 9.17) is 0 Å². The monoisotopic (exact) mass is 633 g/mol. The Morgan fingerprint density at radius 2 is 0.957 bits per heavy atom. The van der Waals surface area contributed by atoms with Gasteiger partial charge in [-0.15, -0.1) is 22.7 Å². The zero-order valence-corrected chi connectivity index (χ0v) is 27.0. The van der Waals surface area contributed by atoms with Gasteiger partial charge < -0.3 is 4.57 Å². The van der Waals surface area contributed by atoms with E-state index in [9.17, 15) is 0 Å². The van der Waals surface area contributed by atoms with Crippen LogP contribution < -0.4 is 0 Å². The number of thiophene rings is 2. The molecular weight excluding hydrogens is 607 g/mol. The summed E-state index contributed by atoms with van der Waals surface area (Å²) in [4.78, 5) is 0. The molecule has 0 aliphatic heterocycles. The third-order valence-corrected chi connectivity index (χ3v) is 11.7.